The summed E-state index contributed by atoms with van der Waals surface area (Å²) in [6, 6.07) is 4.50. The van der Waals surface area contributed by atoms with Gasteiger partial charge in [-0.3, -0.25) is 10.1 Å². The van der Waals surface area contributed by atoms with Crippen LogP contribution < -0.4 is 5.11 Å². The van der Waals surface area contributed by atoms with Crippen LogP contribution in [0, 0.1) is 10.1 Å². The second kappa shape index (κ2) is 15.9. The predicted molar refractivity (Wildman–Crippen MR) is 117 cm³/mol. The van der Waals surface area contributed by atoms with Gasteiger partial charge in [-0.1, -0.05) is 53.4 Å². The summed E-state index contributed by atoms with van der Waals surface area (Å²) in [5.74, 6) is -1.34. The van der Waals surface area contributed by atoms with Crippen LogP contribution in [0.1, 0.15) is 89.4 Å². The molecule has 0 fully saturated rings. The standard InChI is InChI=1S/C16H36N.C7H5NO4/c1-5-9-13-17(14-10-6-2,15-11-7-3)16-12-8-4;9-7(10)5-1-3-6(4-2-5)8(11)12/h5-16H2,1-4H3;1-4H,(H,9,10)/q+1;/p-1. The van der Waals surface area contributed by atoms with E-state index >= 15 is 0 Å². The van der Waals surface area contributed by atoms with E-state index < -0.39 is 10.9 Å². The number of carboxylic acids is 1. The zero-order valence-electron chi connectivity index (χ0n) is 18.8. The van der Waals surface area contributed by atoms with Gasteiger partial charge < -0.3 is 14.4 Å². The van der Waals surface area contributed by atoms with E-state index in [1.807, 2.05) is 0 Å². The Bertz CT molecular complexity index is 502. The molecule has 0 aromatic heterocycles. The van der Waals surface area contributed by atoms with Crippen molar-refractivity contribution in [2.45, 2.75) is 79.1 Å². The first-order valence-corrected chi connectivity index (χ1v) is 11.2. The van der Waals surface area contributed by atoms with E-state index in [-0.39, 0.29) is 11.3 Å². The third-order valence-electron chi connectivity index (χ3n) is 5.26. The van der Waals surface area contributed by atoms with Crippen molar-refractivity contribution >= 4 is 11.7 Å². The Morgan fingerprint density at radius 1 is 0.793 bits per heavy atom. The number of nitrogens with zero attached hydrogens (tertiary/aromatic N) is 2. The monoisotopic (exact) mass is 408 g/mol. The topological polar surface area (TPSA) is 83.3 Å². The number of carbonyl (C=O) groups is 1. The van der Waals surface area contributed by atoms with E-state index in [0.29, 0.717) is 0 Å². The first kappa shape index (κ1) is 27.0. The second-order valence-electron chi connectivity index (χ2n) is 7.74. The molecule has 0 N–H and O–H groups in total. The molecule has 1 rings (SSSR count). The molecule has 0 bridgehead atoms. The molecule has 0 aliphatic rings. The van der Waals surface area contributed by atoms with Crippen molar-refractivity contribution < 1.29 is 19.3 Å². The van der Waals surface area contributed by atoms with Crippen LogP contribution in [0.2, 0.25) is 0 Å². The lowest BCUT2D eigenvalue weighted by molar-refractivity contribution is -0.929. The molecule has 0 saturated heterocycles. The molecule has 0 aliphatic heterocycles. The average molecular weight is 409 g/mol. The van der Waals surface area contributed by atoms with Gasteiger partial charge in [0, 0.05) is 12.1 Å². The molecule has 0 atom stereocenters. The second-order valence-corrected chi connectivity index (χ2v) is 7.74. The van der Waals surface area contributed by atoms with Gasteiger partial charge in [0.2, 0.25) is 0 Å². The van der Waals surface area contributed by atoms with Crippen LogP contribution in [-0.2, 0) is 0 Å². The lowest BCUT2D eigenvalue weighted by atomic mass is 10.1. The Kier molecular flexibility index (Phi) is 14.8. The van der Waals surface area contributed by atoms with E-state index in [1.165, 1.54) is 82.0 Å². The molecule has 1 aromatic rings. The fraction of sp³-hybridized carbons (Fsp3) is 0.696. The largest absolute Gasteiger partial charge is 0.545 e. The van der Waals surface area contributed by atoms with Gasteiger partial charge in [0.25, 0.3) is 5.69 Å². The molecule has 166 valence electrons. The molecule has 0 spiro atoms. The molecule has 0 saturated carbocycles. The smallest absolute Gasteiger partial charge is 0.269 e. The predicted octanol–water partition coefficient (Wildman–Crippen LogP) is 4.96. The highest BCUT2D eigenvalue weighted by Crippen LogP contribution is 2.16. The summed E-state index contributed by atoms with van der Waals surface area (Å²) in [7, 11) is 0. The van der Waals surface area contributed by atoms with Crippen LogP contribution in [0.25, 0.3) is 0 Å². The van der Waals surface area contributed by atoms with Crippen LogP contribution in [0.3, 0.4) is 0 Å². The maximum atomic E-state index is 10.2. The first-order valence-electron chi connectivity index (χ1n) is 11.2. The number of nitro benzene ring substituents is 1. The maximum Gasteiger partial charge on any atom is 0.269 e. The van der Waals surface area contributed by atoms with Crippen LogP contribution in [-0.4, -0.2) is 41.6 Å². The Labute approximate surface area is 176 Å². The van der Waals surface area contributed by atoms with Gasteiger partial charge in [-0.05, 0) is 43.4 Å². The number of quaternary nitrogens is 1. The SMILES string of the molecule is CCCC[N+](CCCC)(CCCC)CCCC.O=C([O-])c1ccc([N+](=O)[O-])cc1. The zero-order chi connectivity index (χ0) is 22.1. The fourth-order valence-corrected chi connectivity index (χ4v) is 3.36. The third kappa shape index (κ3) is 11.6. The molecule has 29 heavy (non-hydrogen) atoms. The van der Waals surface area contributed by atoms with Crippen molar-refractivity contribution in [3.63, 3.8) is 0 Å². The zero-order valence-corrected chi connectivity index (χ0v) is 18.8. The molecule has 0 amide bonds. The van der Waals surface area contributed by atoms with E-state index in [9.17, 15) is 20.0 Å². The van der Waals surface area contributed by atoms with Gasteiger partial charge in [-0.2, -0.15) is 0 Å². The lowest BCUT2D eigenvalue weighted by Crippen LogP contribution is -2.50. The van der Waals surface area contributed by atoms with Gasteiger partial charge in [0.1, 0.15) is 0 Å². The highest BCUT2D eigenvalue weighted by Gasteiger charge is 2.24. The molecule has 6 nitrogen and oxygen atoms in total. The van der Waals surface area contributed by atoms with Gasteiger partial charge in [-0.15, -0.1) is 0 Å². The Balaban J connectivity index is 0.000000571. The quantitative estimate of drug-likeness (QED) is 0.247. The van der Waals surface area contributed by atoms with Crippen LogP contribution in [0.15, 0.2) is 24.3 Å². The highest BCUT2D eigenvalue weighted by atomic mass is 16.6. The Morgan fingerprint density at radius 3 is 1.38 bits per heavy atom. The Morgan fingerprint density at radius 2 is 1.14 bits per heavy atom. The number of hydrogen-bond acceptors (Lipinski definition) is 4. The lowest BCUT2D eigenvalue weighted by Gasteiger charge is -2.39. The minimum atomic E-state index is -1.34. The van der Waals surface area contributed by atoms with Crippen LogP contribution >= 0.6 is 0 Å². The van der Waals surface area contributed by atoms with Crippen molar-refractivity contribution in [3.8, 4) is 0 Å². The third-order valence-corrected chi connectivity index (χ3v) is 5.26. The normalized spacial score (nSPS) is 10.9. The Hall–Kier alpha value is -1.95. The van der Waals surface area contributed by atoms with E-state index in [1.54, 1.807) is 0 Å². The van der Waals surface area contributed by atoms with Crippen LogP contribution in [0.5, 0.6) is 0 Å². The maximum absolute atomic E-state index is 10.2. The molecular weight excluding hydrogens is 368 g/mol. The molecule has 0 aliphatic carbocycles. The number of nitro groups is 1. The minimum Gasteiger partial charge on any atom is -0.545 e. The molecular formula is C23H40N2O4. The van der Waals surface area contributed by atoms with Crippen molar-refractivity contribution in [1.29, 1.82) is 0 Å². The van der Waals surface area contributed by atoms with Gasteiger partial charge in [-0.25, -0.2) is 0 Å². The van der Waals surface area contributed by atoms with Crippen molar-refractivity contribution in [1.82, 2.24) is 0 Å². The van der Waals surface area contributed by atoms with Gasteiger partial charge in [0.05, 0.1) is 37.1 Å². The van der Waals surface area contributed by atoms with Crippen LogP contribution in [0.4, 0.5) is 5.69 Å². The number of rotatable bonds is 14. The molecule has 0 heterocycles. The minimum absolute atomic E-state index is 0.0689. The van der Waals surface area contributed by atoms with Gasteiger partial charge >= 0.3 is 0 Å². The van der Waals surface area contributed by atoms with E-state index in [0.717, 1.165) is 24.3 Å². The van der Waals surface area contributed by atoms with E-state index in [2.05, 4.69) is 27.7 Å². The average Bonchev–Trinajstić information content (AvgIpc) is 2.73. The van der Waals surface area contributed by atoms with Crippen molar-refractivity contribution in [3.05, 3.63) is 39.9 Å². The molecule has 0 unspecified atom stereocenters. The number of hydrogen-bond donors (Lipinski definition) is 0. The molecule has 0 radical (unpaired) electrons. The van der Waals surface area contributed by atoms with E-state index in [4.69, 9.17) is 0 Å². The van der Waals surface area contributed by atoms with Crippen molar-refractivity contribution in [2.75, 3.05) is 26.2 Å². The summed E-state index contributed by atoms with van der Waals surface area (Å²) in [5.41, 5.74) is -0.208. The number of carbonyl (C=O) groups excluding carboxylic acids is 1. The fourth-order valence-electron chi connectivity index (χ4n) is 3.36. The first-order chi connectivity index (χ1) is 13.9. The highest BCUT2D eigenvalue weighted by molar-refractivity contribution is 5.85. The van der Waals surface area contributed by atoms with Gasteiger partial charge in [0.15, 0.2) is 0 Å². The molecule has 1 aromatic carbocycles. The summed E-state index contributed by atoms with van der Waals surface area (Å²) in [5, 5.41) is 20.3. The number of aromatic carboxylic acids is 1. The summed E-state index contributed by atoms with van der Waals surface area (Å²) in [6.07, 6.45) is 11.1. The summed E-state index contributed by atoms with van der Waals surface area (Å²) < 4.78 is 1.42. The summed E-state index contributed by atoms with van der Waals surface area (Å²) in [6.45, 7) is 15.0. The molecule has 6 heteroatoms. The number of carboxylic acid groups (broad SMARTS) is 1. The summed E-state index contributed by atoms with van der Waals surface area (Å²) >= 11 is 0. The van der Waals surface area contributed by atoms with Crippen molar-refractivity contribution in [2.24, 2.45) is 0 Å². The number of unbranched alkanes of at least 4 members (excludes halogenated alkanes) is 4. The number of benzene rings is 1. The number of non-ortho nitro benzene ring substituents is 1. The summed E-state index contributed by atoms with van der Waals surface area (Å²) in [4.78, 5) is 19.7.